The quantitative estimate of drug-likeness (QED) is 0.804. The van der Waals surface area contributed by atoms with Gasteiger partial charge in [-0.05, 0) is 42.0 Å². The van der Waals surface area contributed by atoms with E-state index < -0.39 is 0 Å². The zero-order chi connectivity index (χ0) is 16.1. The van der Waals surface area contributed by atoms with E-state index in [2.05, 4.69) is 0 Å². The van der Waals surface area contributed by atoms with Gasteiger partial charge in [0.15, 0.2) is 0 Å². The first kappa shape index (κ1) is 16.0. The summed E-state index contributed by atoms with van der Waals surface area (Å²) < 4.78 is 0. The summed E-state index contributed by atoms with van der Waals surface area (Å²) in [6.45, 7) is 0.493. The van der Waals surface area contributed by atoms with E-state index in [4.69, 9.17) is 11.6 Å². The summed E-state index contributed by atoms with van der Waals surface area (Å²) in [6, 6.07) is 14.1. The predicted molar refractivity (Wildman–Crippen MR) is 88.5 cm³/mol. The maximum atomic E-state index is 12.4. The van der Waals surface area contributed by atoms with E-state index in [1.165, 1.54) is 0 Å². The fourth-order valence-corrected chi connectivity index (χ4v) is 2.20. The second-order valence-corrected chi connectivity index (χ2v) is 5.47. The van der Waals surface area contributed by atoms with Crippen LogP contribution in [-0.4, -0.2) is 31.3 Å². The Hall–Kier alpha value is -2.33. The maximum Gasteiger partial charge on any atom is 0.324 e. The van der Waals surface area contributed by atoms with Gasteiger partial charge in [0.25, 0.3) is 0 Å². The van der Waals surface area contributed by atoms with Gasteiger partial charge in [-0.3, -0.25) is 9.69 Å². The van der Waals surface area contributed by atoms with Crippen molar-refractivity contribution in [3.8, 4) is 0 Å². The molecule has 0 fully saturated rings. The molecule has 0 aliphatic carbocycles. The van der Waals surface area contributed by atoms with Crippen molar-refractivity contribution in [1.29, 1.82) is 0 Å². The van der Waals surface area contributed by atoms with Crippen molar-refractivity contribution in [3.63, 3.8) is 0 Å². The van der Waals surface area contributed by atoms with Gasteiger partial charge in [-0.15, -0.1) is 0 Å². The first-order chi connectivity index (χ1) is 10.5. The van der Waals surface area contributed by atoms with Crippen molar-refractivity contribution in [3.05, 3.63) is 64.7 Å². The Labute approximate surface area is 134 Å². The molecule has 0 atom stereocenters. The zero-order valence-electron chi connectivity index (χ0n) is 12.5. The second-order valence-electron chi connectivity index (χ2n) is 5.03. The number of nitrogens with zero attached hydrogens (tertiary/aromatic N) is 2. The third kappa shape index (κ3) is 3.86. The molecule has 0 aromatic heterocycles. The van der Waals surface area contributed by atoms with Gasteiger partial charge in [0.05, 0.1) is 0 Å². The molecule has 2 rings (SSSR count). The second kappa shape index (κ2) is 7.09. The summed E-state index contributed by atoms with van der Waals surface area (Å²) in [6.07, 6.45) is 0.776. The van der Waals surface area contributed by atoms with Gasteiger partial charge in [0.2, 0.25) is 0 Å². The van der Waals surface area contributed by atoms with Crippen LogP contribution in [0.3, 0.4) is 0 Å². The molecule has 0 spiro atoms. The molecule has 2 aromatic carbocycles. The molecule has 0 heterocycles. The molecule has 5 heteroatoms. The molecule has 0 saturated carbocycles. The number of amides is 2. The third-order valence-corrected chi connectivity index (χ3v) is 3.61. The molecule has 0 aliphatic rings. The Morgan fingerprint density at radius 2 is 1.64 bits per heavy atom. The van der Waals surface area contributed by atoms with Crippen LogP contribution in [0.2, 0.25) is 5.02 Å². The molecule has 2 amide bonds. The lowest BCUT2D eigenvalue weighted by atomic mass is 10.2. The number of anilines is 1. The van der Waals surface area contributed by atoms with Crippen LogP contribution in [0.25, 0.3) is 0 Å². The van der Waals surface area contributed by atoms with Crippen LogP contribution in [0, 0.1) is 0 Å². The number of rotatable bonds is 4. The van der Waals surface area contributed by atoms with E-state index in [9.17, 15) is 9.59 Å². The van der Waals surface area contributed by atoms with Crippen LogP contribution in [0.1, 0.15) is 15.9 Å². The Balaban J connectivity index is 2.05. The van der Waals surface area contributed by atoms with E-state index in [1.807, 2.05) is 12.1 Å². The van der Waals surface area contributed by atoms with Gasteiger partial charge in [0.1, 0.15) is 6.29 Å². The van der Waals surface area contributed by atoms with Crippen molar-refractivity contribution < 1.29 is 9.59 Å². The van der Waals surface area contributed by atoms with Crippen molar-refractivity contribution >= 4 is 29.6 Å². The molecule has 0 bridgehead atoms. The number of urea groups is 1. The summed E-state index contributed by atoms with van der Waals surface area (Å²) >= 11 is 5.85. The molecule has 2 aromatic rings. The number of carbonyl (C=O) groups is 2. The molecule has 0 radical (unpaired) electrons. The molecule has 22 heavy (non-hydrogen) atoms. The fourth-order valence-electron chi connectivity index (χ4n) is 2.07. The van der Waals surface area contributed by atoms with Crippen molar-refractivity contribution in [2.75, 3.05) is 19.0 Å². The molecule has 4 nitrogen and oxygen atoms in total. The van der Waals surface area contributed by atoms with E-state index in [0.717, 1.165) is 17.5 Å². The van der Waals surface area contributed by atoms with E-state index >= 15 is 0 Å². The number of benzene rings is 2. The largest absolute Gasteiger partial charge is 0.324 e. The Morgan fingerprint density at radius 3 is 2.18 bits per heavy atom. The molecule has 0 saturated heterocycles. The molecule has 0 aliphatic heterocycles. The van der Waals surface area contributed by atoms with Crippen molar-refractivity contribution in [1.82, 2.24) is 4.90 Å². The number of hydrogen-bond donors (Lipinski definition) is 0. The van der Waals surface area contributed by atoms with Crippen LogP contribution in [0.5, 0.6) is 0 Å². The minimum absolute atomic E-state index is 0.131. The van der Waals surface area contributed by atoms with Crippen LogP contribution in [-0.2, 0) is 6.54 Å². The van der Waals surface area contributed by atoms with Gasteiger partial charge in [0, 0.05) is 36.9 Å². The smallest absolute Gasteiger partial charge is 0.323 e. The molecule has 0 unspecified atom stereocenters. The molecule has 0 N–H and O–H groups in total. The zero-order valence-corrected chi connectivity index (χ0v) is 13.2. The monoisotopic (exact) mass is 316 g/mol. The summed E-state index contributed by atoms with van der Waals surface area (Å²) in [5.74, 6) is 0. The number of carbonyl (C=O) groups excluding carboxylic acids is 2. The highest BCUT2D eigenvalue weighted by Gasteiger charge is 2.16. The van der Waals surface area contributed by atoms with E-state index in [1.54, 1.807) is 60.3 Å². The average molecular weight is 317 g/mol. The highest BCUT2D eigenvalue weighted by Crippen LogP contribution is 2.16. The SMILES string of the molecule is CN(Cc1ccc(Cl)cc1)C(=O)N(C)c1ccc(C=O)cc1. The lowest BCUT2D eigenvalue weighted by Crippen LogP contribution is -2.38. The van der Waals surface area contributed by atoms with Gasteiger partial charge in [-0.1, -0.05) is 23.7 Å². The summed E-state index contributed by atoms with van der Waals surface area (Å²) in [5.41, 5.74) is 2.32. The van der Waals surface area contributed by atoms with E-state index in [0.29, 0.717) is 17.1 Å². The first-order valence-electron chi connectivity index (χ1n) is 6.80. The molecule has 114 valence electrons. The maximum absolute atomic E-state index is 12.4. The summed E-state index contributed by atoms with van der Waals surface area (Å²) in [5, 5.41) is 0.671. The van der Waals surface area contributed by atoms with Crippen molar-refractivity contribution in [2.24, 2.45) is 0 Å². The Kier molecular flexibility index (Phi) is 5.17. The van der Waals surface area contributed by atoms with Crippen LogP contribution in [0.15, 0.2) is 48.5 Å². The number of aldehydes is 1. The standard InChI is InChI=1S/C17H17ClN2O2/c1-19(11-13-3-7-15(18)8-4-13)17(22)20(2)16-9-5-14(12-21)6-10-16/h3-10,12H,11H2,1-2H3. The van der Waals surface area contributed by atoms with Crippen LogP contribution in [0.4, 0.5) is 10.5 Å². The number of halogens is 1. The molecular weight excluding hydrogens is 300 g/mol. The Morgan fingerprint density at radius 1 is 1.05 bits per heavy atom. The fraction of sp³-hybridized carbons (Fsp3) is 0.176. The van der Waals surface area contributed by atoms with Crippen molar-refractivity contribution in [2.45, 2.75) is 6.54 Å². The number of hydrogen-bond acceptors (Lipinski definition) is 2. The van der Waals surface area contributed by atoms with Gasteiger partial charge in [-0.25, -0.2) is 4.79 Å². The first-order valence-corrected chi connectivity index (χ1v) is 7.17. The molecular formula is C17H17ClN2O2. The highest BCUT2D eigenvalue weighted by molar-refractivity contribution is 6.30. The predicted octanol–water partition coefficient (Wildman–Crippen LogP) is 3.84. The van der Waals surface area contributed by atoms with Gasteiger partial charge < -0.3 is 4.90 Å². The van der Waals surface area contributed by atoms with Gasteiger partial charge >= 0.3 is 6.03 Å². The minimum atomic E-state index is -0.131. The highest BCUT2D eigenvalue weighted by atomic mass is 35.5. The van der Waals surface area contributed by atoms with E-state index in [-0.39, 0.29) is 6.03 Å². The van der Waals surface area contributed by atoms with Crippen LogP contribution < -0.4 is 4.90 Å². The Bertz CT molecular complexity index is 653. The normalized spacial score (nSPS) is 10.1. The lowest BCUT2D eigenvalue weighted by Gasteiger charge is -2.25. The minimum Gasteiger partial charge on any atom is -0.323 e. The van der Waals surface area contributed by atoms with Gasteiger partial charge in [-0.2, -0.15) is 0 Å². The third-order valence-electron chi connectivity index (χ3n) is 3.36. The topological polar surface area (TPSA) is 40.6 Å². The summed E-state index contributed by atoms with van der Waals surface area (Å²) in [7, 11) is 3.45. The lowest BCUT2D eigenvalue weighted by molar-refractivity contribution is 0.112. The summed E-state index contributed by atoms with van der Waals surface area (Å²) in [4.78, 5) is 26.3. The average Bonchev–Trinajstić information content (AvgIpc) is 2.55. The van der Waals surface area contributed by atoms with Crippen LogP contribution >= 0.6 is 11.6 Å².